The first-order valence-electron chi connectivity index (χ1n) is 4.75. The third-order valence-corrected chi connectivity index (χ3v) is 4.66. The molecule has 0 bridgehead atoms. The summed E-state index contributed by atoms with van der Waals surface area (Å²) in [7, 11) is 0. The molecule has 1 aromatic carbocycles. The maximum Gasteiger partial charge on any atom is 0.284 e. The summed E-state index contributed by atoms with van der Waals surface area (Å²) < 4.78 is 13.8. The number of pyridine rings is 1. The van der Waals surface area contributed by atoms with Crippen LogP contribution in [0.4, 0.5) is 4.39 Å². The smallest absolute Gasteiger partial charge is 0.284 e. The van der Waals surface area contributed by atoms with E-state index in [1.807, 2.05) is 0 Å². The molecule has 0 fully saturated rings. The summed E-state index contributed by atoms with van der Waals surface area (Å²) in [6.07, 6.45) is 1.25. The van der Waals surface area contributed by atoms with Crippen LogP contribution in [0.5, 0.6) is 0 Å². The highest BCUT2D eigenvalue weighted by molar-refractivity contribution is 6.56. The van der Waals surface area contributed by atoms with Crippen LogP contribution >= 0.6 is 58.0 Å². The number of halogens is 6. The Morgan fingerprint density at radius 1 is 0.895 bits per heavy atom. The number of hydrogen-bond donors (Lipinski definition) is 1. The largest absolute Gasteiger partial charge is 0.327 e. The van der Waals surface area contributed by atoms with Gasteiger partial charge in [0.15, 0.2) is 5.82 Å². The lowest BCUT2D eigenvalue weighted by atomic mass is 10.1. The van der Waals surface area contributed by atoms with Crippen molar-refractivity contribution in [1.82, 2.24) is 4.98 Å². The Balaban J connectivity index is 2.91. The zero-order valence-corrected chi connectivity index (χ0v) is 12.6. The predicted octanol–water partition coefficient (Wildman–Crippen LogP) is 5.45. The molecule has 0 unspecified atom stereocenters. The highest BCUT2D eigenvalue weighted by atomic mass is 35.5. The molecule has 0 amide bonds. The van der Waals surface area contributed by atoms with Gasteiger partial charge in [-0.1, -0.05) is 58.0 Å². The molecule has 1 N–H and O–H groups in total. The van der Waals surface area contributed by atoms with Crippen molar-refractivity contribution in [2.75, 3.05) is 0 Å². The van der Waals surface area contributed by atoms with Crippen LogP contribution < -0.4 is 5.56 Å². The molecule has 100 valence electrons. The van der Waals surface area contributed by atoms with E-state index in [9.17, 15) is 9.18 Å². The zero-order valence-electron chi connectivity index (χ0n) is 8.83. The van der Waals surface area contributed by atoms with Crippen molar-refractivity contribution >= 4 is 58.0 Å². The van der Waals surface area contributed by atoms with E-state index in [4.69, 9.17) is 58.0 Å². The second-order valence-electron chi connectivity index (χ2n) is 3.48. The first-order valence-corrected chi connectivity index (χ1v) is 6.64. The van der Waals surface area contributed by atoms with E-state index < -0.39 is 11.4 Å². The van der Waals surface area contributed by atoms with Crippen LogP contribution in [0.15, 0.2) is 17.1 Å². The summed E-state index contributed by atoms with van der Waals surface area (Å²) >= 11 is 29.6. The second kappa shape index (κ2) is 5.51. The fourth-order valence-electron chi connectivity index (χ4n) is 1.49. The topological polar surface area (TPSA) is 32.9 Å². The fourth-order valence-corrected chi connectivity index (χ4v) is 2.84. The van der Waals surface area contributed by atoms with Gasteiger partial charge in [0.05, 0.1) is 25.1 Å². The molecule has 0 radical (unpaired) electrons. The van der Waals surface area contributed by atoms with Gasteiger partial charge in [-0.15, -0.1) is 0 Å². The third kappa shape index (κ3) is 2.46. The van der Waals surface area contributed by atoms with Crippen LogP contribution in [-0.4, -0.2) is 4.98 Å². The summed E-state index contributed by atoms with van der Waals surface area (Å²) in [4.78, 5) is 13.4. The van der Waals surface area contributed by atoms with Crippen LogP contribution in [0.2, 0.25) is 25.1 Å². The third-order valence-electron chi connectivity index (χ3n) is 2.38. The monoisotopic (exact) mass is 359 g/mol. The average molecular weight is 361 g/mol. The van der Waals surface area contributed by atoms with E-state index in [1.165, 1.54) is 12.3 Å². The lowest BCUT2D eigenvalue weighted by Crippen LogP contribution is -2.11. The average Bonchev–Trinajstić information content (AvgIpc) is 2.39. The molecule has 8 heteroatoms. The summed E-state index contributed by atoms with van der Waals surface area (Å²) in [5, 5.41) is -0.316. The zero-order chi connectivity index (χ0) is 14.3. The van der Waals surface area contributed by atoms with Crippen molar-refractivity contribution in [3.05, 3.63) is 53.5 Å². The number of rotatable bonds is 1. The number of aromatic nitrogens is 1. The van der Waals surface area contributed by atoms with E-state index in [-0.39, 0.29) is 36.2 Å². The highest BCUT2D eigenvalue weighted by Crippen LogP contribution is 2.48. The highest BCUT2D eigenvalue weighted by Gasteiger charge is 2.23. The number of hydrogen-bond acceptors (Lipinski definition) is 1. The van der Waals surface area contributed by atoms with Crippen molar-refractivity contribution in [2.45, 2.75) is 0 Å². The Morgan fingerprint density at radius 3 is 1.89 bits per heavy atom. The predicted molar refractivity (Wildman–Crippen MR) is 77.5 cm³/mol. The minimum Gasteiger partial charge on any atom is -0.327 e. The number of aromatic amines is 1. The van der Waals surface area contributed by atoms with E-state index >= 15 is 0 Å². The Hall–Kier alpha value is -0.450. The molecule has 0 saturated carbocycles. The molecule has 0 spiro atoms. The minimum absolute atomic E-state index is 0.0198. The second-order valence-corrected chi connectivity index (χ2v) is 5.37. The summed E-state index contributed by atoms with van der Waals surface area (Å²) in [6.45, 7) is 0. The van der Waals surface area contributed by atoms with E-state index in [0.29, 0.717) is 0 Å². The summed E-state index contributed by atoms with van der Waals surface area (Å²) in [5.74, 6) is -1.04. The Kier molecular flexibility index (Phi) is 4.33. The van der Waals surface area contributed by atoms with E-state index in [1.54, 1.807) is 0 Å². The van der Waals surface area contributed by atoms with Gasteiger partial charge in [-0.3, -0.25) is 4.79 Å². The molecule has 0 aliphatic heterocycles. The van der Waals surface area contributed by atoms with Gasteiger partial charge >= 0.3 is 0 Å². The van der Waals surface area contributed by atoms with Crippen LogP contribution in [0, 0.1) is 5.82 Å². The Morgan fingerprint density at radius 2 is 1.37 bits per heavy atom. The van der Waals surface area contributed by atoms with Crippen LogP contribution in [-0.2, 0) is 0 Å². The van der Waals surface area contributed by atoms with Gasteiger partial charge in [-0.05, 0) is 6.07 Å². The SMILES string of the molecule is O=c1[nH]ccc(-c2c(Cl)c(Cl)c(Cl)c(Cl)c2Cl)c1F. The molecule has 0 atom stereocenters. The number of nitrogens with one attached hydrogen (secondary N) is 1. The first kappa shape index (κ1) is 14.9. The van der Waals surface area contributed by atoms with Crippen molar-refractivity contribution < 1.29 is 4.39 Å². The van der Waals surface area contributed by atoms with Gasteiger partial charge in [0.25, 0.3) is 5.56 Å². The van der Waals surface area contributed by atoms with Gasteiger partial charge in [-0.25, -0.2) is 4.39 Å². The lowest BCUT2D eigenvalue weighted by Gasteiger charge is -2.12. The Bertz CT molecular complexity index is 699. The molecule has 1 heterocycles. The quantitative estimate of drug-likeness (QED) is 0.532. The van der Waals surface area contributed by atoms with Crippen molar-refractivity contribution in [2.24, 2.45) is 0 Å². The van der Waals surface area contributed by atoms with Gasteiger partial charge < -0.3 is 4.98 Å². The maximum absolute atomic E-state index is 13.8. The van der Waals surface area contributed by atoms with Crippen molar-refractivity contribution in [1.29, 1.82) is 0 Å². The molecule has 1 aromatic heterocycles. The molecule has 0 aliphatic carbocycles. The van der Waals surface area contributed by atoms with Crippen LogP contribution in [0.1, 0.15) is 0 Å². The van der Waals surface area contributed by atoms with Gasteiger partial charge in [0.2, 0.25) is 0 Å². The molecular weight excluding hydrogens is 358 g/mol. The molecule has 0 saturated heterocycles. The normalized spacial score (nSPS) is 10.8. The maximum atomic E-state index is 13.8. The van der Waals surface area contributed by atoms with Gasteiger partial charge in [-0.2, -0.15) is 0 Å². The fraction of sp³-hybridized carbons (Fsp3) is 0. The van der Waals surface area contributed by atoms with E-state index in [2.05, 4.69) is 4.98 Å². The summed E-state index contributed by atoms with van der Waals surface area (Å²) in [5.41, 5.74) is -1.00. The molecular formula is C11H3Cl5FNO. The van der Waals surface area contributed by atoms with E-state index in [0.717, 1.165) is 0 Å². The Labute approximate surface area is 132 Å². The van der Waals surface area contributed by atoms with Crippen molar-refractivity contribution in [3.8, 4) is 11.1 Å². The minimum atomic E-state index is -1.04. The number of H-pyrrole nitrogens is 1. The lowest BCUT2D eigenvalue weighted by molar-refractivity contribution is 0.612. The molecule has 2 aromatic rings. The standard InChI is InChI=1S/C11H3Cl5FNO/c12-5-4(3-1-2-18-11(19)10(3)17)6(13)8(15)9(16)7(5)14/h1-2H,(H,18,19). The summed E-state index contributed by atoms with van der Waals surface area (Å²) in [6, 6.07) is 1.30. The van der Waals surface area contributed by atoms with Crippen LogP contribution in [0.25, 0.3) is 11.1 Å². The van der Waals surface area contributed by atoms with Crippen LogP contribution in [0.3, 0.4) is 0 Å². The molecule has 2 nitrogen and oxygen atoms in total. The molecule has 0 aliphatic rings. The number of benzene rings is 1. The first-order chi connectivity index (χ1) is 8.86. The molecule has 2 rings (SSSR count). The van der Waals surface area contributed by atoms with Gasteiger partial charge in [0.1, 0.15) is 0 Å². The van der Waals surface area contributed by atoms with Gasteiger partial charge in [0, 0.05) is 17.3 Å². The van der Waals surface area contributed by atoms with Crippen molar-refractivity contribution in [3.63, 3.8) is 0 Å². The molecule has 19 heavy (non-hydrogen) atoms.